The van der Waals surface area contributed by atoms with Gasteiger partial charge in [0.1, 0.15) is 0 Å². The highest BCUT2D eigenvalue weighted by Crippen LogP contribution is 2.39. The van der Waals surface area contributed by atoms with Crippen molar-refractivity contribution in [2.75, 3.05) is 17.7 Å². The van der Waals surface area contributed by atoms with E-state index in [2.05, 4.69) is 15.6 Å². The highest BCUT2D eigenvalue weighted by molar-refractivity contribution is 6.00. The van der Waals surface area contributed by atoms with Crippen molar-refractivity contribution in [3.63, 3.8) is 0 Å². The molecule has 0 aromatic carbocycles. The number of anilines is 2. The van der Waals surface area contributed by atoms with Gasteiger partial charge in [-0.2, -0.15) is 4.98 Å². The van der Waals surface area contributed by atoms with Crippen LogP contribution in [0.5, 0.6) is 5.88 Å². The molecule has 0 atom stereocenters. The number of rotatable bonds is 1. The first-order valence-corrected chi connectivity index (χ1v) is 5.92. The Balaban J connectivity index is 2.52. The lowest BCUT2D eigenvalue weighted by Gasteiger charge is -2.38. The molecule has 0 fully saturated rings. The SMILES string of the molecule is COc1ccc2c(n1)NC(C)(C)C(C)(C)C(=O)N2. The Morgan fingerprint density at radius 1 is 1.22 bits per heavy atom. The fourth-order valence-electron chi connectivity index (χ4n) is 1.77. The van der Waals surface area contributed by atoms with Crippen LogP contribution in [0.2, 0.25) is 0 Å². The van der Waals surface area contributed by atoms with Crippen molar-refractivity contribution in [2.24, 2.45) is 5.41 Å². The van der Waals surface area contributed by atoms with Crippen LogP contribution in [-0.4, -0.2) is 23.5 Å². The van der Waals surface area contributed by atoms with Crippen molar-refractivity contribution < 1.29 is 9.53 Å². The lowest BCUT2D eigenvalue weighted by atomic mass is 9.74. The molecule has 98 valence electrons. The van der Waals surface area contributed by atoms with Gasteiger partial charge in [-0.1, -0.05) is 0 Å². The molecule has 5 heteroatoms. The molecule has 1 aliphatic heterocycles. The lowest BCUT2D eigenvalue weighted by molar-refractivity contribution is -0.126. The Morgan fingerprint density at radius 3 is 2.50 bits per heavy atom. The maximum absolute atomic E-state index is 12.3. The van der Waals surface area contributed by atoms with Gasteiger partial charge < -0.3 is 15.4 Å². The van der Waals surface area contributed by atoms with E-state index in [4.69, 9.17) is 4.74 Å². The summed E-state index contributed by atoms with van der Waals surface area (Å²) in [6, 6.07) is 3.52. The van der Waals surface area contributed by atoms with Crippen LogP contribution in [0.1, 0.15) is 27.7 Å². The summed E-state index contributed by atoms with van der Waals surface area (Å²) in [5, 5.41) is 6.22. The third kappa shape index (κ3) is 1.79. The van der Waals surface area contributed by atoms with Crippen LogP contribution in [0.4, 0.5) is 11.5 Å². The molecule has 2 rings (SSSR count). The van der Waals surface area contributed by atoms with E-state index < -0.39 is 11.0 Å². The number of hydrogen-bond acceptors (Lipinski definition) is 4. The van der Waals surface area contributed by atoms with Crippen molar-refractivity contribution in [3.05, 3.63) is 12.1 Å². The summed E-state index contributed by atoms with van der Waals surface area (Å²) >= 11 is 0. The molecule has 0 saturated heterocycles. The summed E-state index contributed by atoms with van der Waals surface area (Å²) in [6.07, 6.45) is 0. The summed E-state index contributed by atoms with van der Waals surface area (Å²) < 4.78 is 5.10. The molecule has 1 aliphatic rings. The second-order valence-corrected chi connectivity index (χ2v) is 5.58. The van der Waals surface area contributed by atoms with Gasteiger partial charge in [-0.25, -0.2) is 0 Å². The molecular formula is C13H19N3O2. The minimum atomic E-state index is -0.555. The van der Waals surface area contributed by atoms with Crippen molar-refractivity contribution >= 4 is 17.4 Å². The Kier molecular flexibility index (Phi) is 2.72. The number of aromatic nitrogens is 1. The maximum Gasteiger partial charge on any atom is 0.232 e. The van der Waals surface area contributed by atoms with Crippen LogP contribution in [-0.2, 0) is 4.79 Å². The van der Waals surface area contributed by atoms with Crippen molar-refractivity contribution in [1.29, 1.82) is 0 Å². The molecule has 18 heavy (non-hydrogen) atoms. The summed E-state index contributed by atoms with van der Waals surface area (Å²) in [4.78, 5) is 16.6. The Hall–Kier alpha value is -1.78. The van der Waals surface area contributed by atoms with Crippen LogP contribution in [0.3, 0.4) is 0 Å². The highest BCUT2D eigenvalue weighted by Gasteiger charge is 2.45. The van der Waals surface area contributed by atoms with Gasteiger partial charge in [-0.15, -0.1) is 0 Å². The van der Waals surface area contributed by atoms with Gasteiger partial charge in [0.2, 0.25) is 11.8 Å². The molecule has 0 bridgehead atoms. The molecule has 5 nitrogen and oxygen atoms in total. The molecule has 2 heterocycles. The Labute approximate surface area is 107 Å². The number of hydrogen-bond donors (Lipinski definition) is 2. The predicted octanol–water partition coefficient (Wildman–Crippen LogP) is 2.26. The number of ether oxygens (including phenoxy) is 1. The normalized spacial score (nSPS) is 20.2. The van der Waals surface area contributed by atoms with Crippen molar-refractivity contribution in [3.8, 4) is 5.88 Å². The molecule has 1 aromatic rings. The molecule has 0 saturated carbocycles. The summed E-state index contributed by atoms with van der Waals surface area (Å²) in [5.74, 6) is 1.13. The van der Waals surface area contributed by atoms with E-state index >= 15 is 0 Å². The molecule has 0 aliphatic carbocycles. The number of methoxy groups -OCH3 is 1. The number of amides is 1. The van der Waals surface area contributed by atoms with E-state index in [-0.39, 0.29) is 5.91 Å². The first-order valence-electron chi connectivity index (χ1n) is 5.92. The predicted molar refractivity (Wildman–Crippen MR) is 70.9 cm³/mol. The molecule has 1 aromatic heterocycles. The highest BCUT2D eigenvalue weighted by atomic mass is 16.5. The molecule has 0 spiro atoms. The number of pyridine rings is 1. The molecular weight excluding hydrogens is 230 g/mol. The first kappa shape index (κ1) is 12.7. The minimum Gasteiger partial charge on any atom is -0.481 e. The van der Waals surface area contributed by atoms with Gasteiger partial charge in [-0.3, -0.25) is 4.79 Å². The van der Waals surface area contributed by atoms with Crippen LogP contribution in [0.15, 0.2) is 12.1 Å². The van der Waals surface area contributed by atoms with Gasteiger partial charge in [-0.05, 0) is 33.8 Å². The van der Waals surface area contributed by atoms with Gasteiger partial charge in [0.15, 0.2) is 5.82 Å². The standard InChI is InChI=1S/C13H19N3O2/c1-12(2)11(17)14-8-6-7-9(18-5)15-10(8)16-13(12,3)4/h6-7H,1-5H3,(H,14,17)(H,15,16). The zero-order valence-electron chi connectivity index (χ0n) is 11.4. The number of carbonyl (C=O) groups is 1. The molecule has 1 amide bonds. The minimum absolute atomic E-state index is 0.0225. The number of carbonyl (C=O) groups excluding carboxylic acids is 1. The van der Waals surface area contributed by atoms with Crippen LogP contribution in [0.25, 0.3) is 0 Å². The molecule has 0 radical (unpaired) electrons. The van der Waals surface area contributed by atoms with Crippen LogP contribution in [0, 0.1) is 5.41 Å². The zero-order valence-corrected chi connectivity index (χ0v) is 11.4. The Morgan fingerprint density at radius 2 is 1.89 bits per heavy atom. The second kappa shape index (κ2) is 3.86. The Bertz CT molecular complexity index is 495. The fraction of sp³-hybridized carbons (Fsp3) is 0.538. The average Bonchev–Trinajstić information content (AvgIpc) is 2.35. The first-order chi connectivity index (χ1) is 8.28. The number of nitrogens with one attached hydrogen (secondary N) is 2. The van der Waals surface area contributed by atoms with Crippen LogP contribution < -0.4 is 15.4 Å². The van der Waals surface area contributed by atoms with Gasteiger partial charge in [0.05, 0.1) is 18.2 Å². The number of fused-ring (bicyclic) bond motifs is 1. The van der Waals surface area contributed by atoms with Gasteiger partial charge >= 0.3 is 0 Å². The third-order valence-corrected chi connectivity index (χ3v) is 3.89. The summed E-state index contributed by atoms with van der Waals surface area (Å²) in [5.41, 5.74) is -0.290. The maximum atomic E-state index is 12.3. The smallest absolute Gasteiger partial charge is 0.232 e. The quantitative estimate of drug-likeness (QED) is 0.801. The van der Waals surface area contributed by atoms with Crippen molar-refractivity contribution in [1.82, 2.24) is 4.98 Å². The second-order valence-electron chi connectivity index (χ2n) is 5.58. The third-order valence-electron chi connectivity index (χ3n) is 3.89. The van der Waals surface area contributed by atoms with Crippen molar-refractivity contribution in [2.45, 2.75) is 33.2 Å². The van der Waals surface area contributed by atoms with E-state index in [1.807, 2.05) is 27.7 Å². The zero-order chi connectivity index (χ0) is 13.6. The van der Waals surface area contributed by atoms with Crippen LogP contribution >= 0.6 is 0 Å². The lowest BCUT2D eigenvalue weighted by Crippen LogP contribution is -2.51. The van der Waals surface area contributed by atoms with Gasteiger partial charge in [0, 0.05) is 11.6 Å². The fourth-order valence-corrected chi connectivity index (χ4v) is 1.77. The van der Waals surface area contributed by atoms with E-state index in [0.717, 1.165) is 0 Å². The monoisotopic (exact) mass is 249 g/mol. The average molecular weight is 249 g/mol. The van der Waals surface area contributed by atoms with E-state index in [1.165, 1.54) is 0 Å². The van der Waals surface area contributed by atoms with E-state index in [9.17, 15) is 4.79 Å². The topological polar surface area (TPSA) is 63.2 Å². The summed E-state index contributed by atoms with van der Waals surface area (Å²) in [7, 11) is 1.57. The van der Waals surface area contributed by atoms with E-state index in [1.54, 1.807) is 19.2 Å². The van der Waals surface area contributed by atoms with E-state index in [0.29, 0.717) is 17.4 Å². The summed E-state index contributed by atoms with van der Waals surface area (Å²) in [6.45, 7) is 7.81. The number of nitrogens with zero attached hydrogens (tertiary/aromatic N) is 1. The largest absolute Gasteiger partial charge is 0.481 e. The molecule has 2 N–H and O–H groups in total. The molecule has 0 unspecified atom stereocenters. The van der Waals surface area contributed by atoms with Gasteiger partial charge in [0.25, 0.3) is 0 Å².